The van der Waals surface area contributed by atoms with Crippen LogP contribution in [0, 0.1) is 0 Å². The standard InChI is InChI=1S/C17H26N2O3S/c1-18(2)23(20,21)19-11-9-17(10-12-19)14-16(8-13-22-17)15-6-4-3-5-7-15/h3-7,16H,8-14H2,1-2H3/t16-/m0/s1. The number of nitrogens with zero attached hydrogens (tertiary/aromatic N) is 2. The second-order valence-corrected chi connectivity index (χ2v) is 8.96. The molecule has 2 fully saturated rings. The van der Waals surface area contributed by atoms with Crippen LogP contribution in [0.2, 0.25) is 0 Å². The summed E-state index contributed by atoms with van der Waals surface area (Å²) in [6.07, 6.45) is 3.60. The van der Waals surface area contributed by atoms with Gasteiger partial charge in [0.05, 0.1) is 5.60 Å². The highest BCUT2D eigenvalue weighted by Crippen LogP contribution is 2.42. The van der Waals surface area contributed by atoms with Crippen molar-refractivity contribution in [1.29, 1.82) is 0 Å². The molecule has 0 unspecified atom stereocenters. The van der Waals surface area contributed by atoms with E-state index in [0.717, 1.165) is 32.3 Å². The third-order valence-corrected chi connectivity index (χ3v) is 7.13. The normalized spacial score (nSPS) is 25.8. The monoisotopic (exact) mass is 338 g/mol. The summed E-state index contributed by atoms with van der Waals surface area (Å²) in [7, 11) is -0.139. The average molecular weight is 338 g/mol. The third-order valence-electron chi connectivity index (χ3n) is 5.19. The predicted octanol–water partition coefficient (Wildman–Crippen LogP) is 2.22. The Bertz CT molecular complexity index is 622. The minimum atomic E-state index is -3.31. The molecule has 1 aromatic rings. The second kappa shape index (κ2) is 6.51. The third kappa shape index (κ3) is 3.45. The Morgan fingerprint density at radius 2 is 1.83 bits per heavy atom. The van der Waals surface area contributed by atoms with E-state index in [1.165, 1.54) is 9.87 Å². The van der Waals surface area contributed by atoms with Crippen LogP contribution in [0.1, 0.15) is 37.2 Å². The van der Waals surface area contributed by atoms with Gasteiger partial charge in [-0.05, 0) is 37.2 Å². The summed E-state index contributed by atoms with van der Waals surface area (Å²) in [5.41, 5.74) is 1.22. The molecule has 1 spiro atoms. The molecule has 128 valence electrons. The zero-order valence-corrected chi connectivity index (χ0v) is 14.8. The van der Waals surface area contributed by atoms with Crippen LogP contribution in [0.3, 0.4) is 0 Å². The summed E-state index contributed by atoms with van der Waals surface area (Å²) < 4.78 is 33.5. The molecule has 0 saturated carbocycles. The molecule has 1 aromatic carbocycles. The van der Waals surface area contributed by atoms with Crippen molar-refractivity contribution < 1.29 is 13.2 Å². The van der Waals surface area contributed by atoms with Crippen LogP contribution in [0.25, 0.3) is 0 Å². The number of benzene rings is 1. The van der Waals surface area contributed by atoms with Crippen molar-refractivity contribution in [2.45, 2.75) is 37.2 Å². The van der Waals surface area contributed by atoms with Crippen LogP contribution >= 0.6 is 0 Å². The maximum absolute atomic E-state index is 12.3. The molecule has 6 heteroatoms. The summed E-state index contributed by atoms with van der Waals surface area (Å²) in [6.45, 7) is 1.85. The highest BCUT2D eigenvalue weighted by Gasteiger charge is 2.43. The molecule has 0 radical (unpaired) electrons. The van der Waals surface area contributed by atoms with E-state index in [-0.39, 0.29) is 5.60 Å². The van der Waals surface area contributed by atoms with E-state index in [1.54, 1.807) is 18.4 Å². The summed E-state index contributed by atoms with van der Waals surface area (Å²) in [6, 6.07) is 10.6. The van der Waals surface area contributed by atoms with Crippen LogP contribution in [-0.4, -0.2) is 56.4 Å². The van der Waals surface area contributed by atoms with Crippen LogP contribution in [0.4, 0.5) is 0 Å². The first-order chi connectivity index (χ1) is 10.9. The van der Waals surface area contributed by atoms with Crippen molar-refractivity contribution in [2.24, 2.45) is 0 Å². The van der Waals surface area contributed by atoms with Gasteiger partial charge in [-0.15, -0.1) is 0 Å². The topological polar surface area (TPSA) is 49.9 Å². The molecule has 3 rings (SSSR count). The minimum absolute atomic E-state index is 0.156. The molecule has 0 amide bonds. The molecular weight excluding hydrogens is 312 g/mol. The van der Waals surface area contributed by atoms with Crippen molar-refractivity contribution in [3.8, 4) is 0 Å². The Balaban J connectivity index is 1.68. The van der Waals surface area contributed by atoms with Crippen LogP contribution in [0.15, 0.2) is 30.3 Å². The first kappa shape index (κ1) is 16.9. The summed E-state index contributed by atoms with van der Waals surface area (Å²) in [5.74, 6) is 0.516. The Kier molecular flexibility index (Phi) is 4.78. The highest BCUT2D eigenvalue weighted by molar-refractivity contribution is 7.86. The van der Waals surface area contributed by atoms with E-state index in [9.17, 15) is 8.42 Å². The molecule has 1 atom stereocenters. The molecule has 0 aliphatic carbocycles. The lowest BCUT2D eigenvalue weighted by Gasteiger charge is -2.46. The number of hydrogen-bond donors (Lipinski definition) is 0. The molecule has 2 saturated heterocycles. The van der Waals surface area contributed by atoms with E-state index in [2.05, 4.69) is 24.3 Å². The molecule has 0 bridgehead atoms. The lowest BCUT2D eigenvalue weighted by Crippen LogP contribution is -2.52. The summed E-state index contributed by atoms with van der Waals surface area (Å²) >= 11 is 0. The van der Waals surface area contributed by atoms with Gasteiger partial charge in [-0.3, -0.25) is 0 Å². The number of piperidine rings is 1. The molecule has 2 aliphatic rings. The fourth-order valence-electron chi connectivity index (χ4n) is 3.74. The number of rotatable bonds is 3. The Morgan fingerprint density at radius 3 is 2.43 bits per heavy atom. The van der Waals surface area contributed by atoms with Crippen LogP contribution in [-0.2, 0) is 14.9 Å². The number of hydrogen-bond acceptors (Lipinski definition) is 3. The predicted molar refractivity (Wildman–Crippen MR) is 90.5 cm³/mol. The van der Waals surface area contributed by atoms with Crippen molar-refractivity contribution in [3.05, 3.63) is 35.9 Å². The van der Waals surface area contributed by atoms with E-state index < -0.39 is 10.2 Å². The maximum atomic E-state index is 12.3. The largest absolute Gasteiger partial charge is 0.375 e. The van der Waals surface area contributed by atoms with Gasteiger partial charge < -0.3 is 4.74 Å². The lowest BCUT2D eigenvalue weighted by molar-refractivity contribution is -0.110. The van der Waals surface area contributed by atoms with Gasteiger partial charge in [0.1, 0.15) is 0 Å². The van der Waals surface area contributed by atoms with Crippen molar-refractivity contribution in [2.75, 3.05) is 33.8 Å². The Labute approximate surface area is 139 Å². The van der Waals surface area contributed by atoms with Gasteiger partial charge >= 0.3 is 0 Å². The van der Waals surface area contributed by atoms with Gasteiger partial charge in [0, 0.05) is 33.8 Å². The van der Waals surface area contributed by atoms with Gasteiger partial charge in [0.15, 0.2) is 0 Å². The van der Waals surface area contributed by atoms with Crippen molar-refractivity contribution in [1.82, 2.24) is 8.61 Å². The molecule has 2 aliphatic heterocycles. The molecule has 2 heterocycles. The first-order valence-corrected chi connectivity index (χ1v) is 9.69. The van der Waals surface area contributed by atoms with Crippen molar-refractivity contribution in [3.63, 3.8) is 0 Å². The van der Waals surface area contributed by atoms with E-state index >= 15 is 0 Å². The smallest absolute Gasteiger partial charge is 0.281 e. The summed E-state index contributed by atoms with van der Waals surface area (Å²) in [5, 5.41) is 0. The molecular formula is C17H26N2O3S. The minimum Gasteiger partial charge on any atom is -0.375 e. The zero-order chi connectivity index (χ0) is 16.5. The quantitative estimate of drug-likeness (QED) is 0.849. The van der Waals surface area contributed by atoms with Gasteiger partial charge in [0.2, 0.25) is 0 Å². The van der Waals surface area contributed by atoms with Crippen LogP contribution < -0.4 is 0 Å². The molecule has 0 N–H and O–H groups in total. The second-order valence-electron chi connectivity index (χ2n) is 6.82. The molecule has 0 aromatic heterocycles. The van der Waals surface area contributed by atoms with E-state index in [0.29, 0.717) is 19.0 Å². The summed E-state index contributed by atoms with van der Waals surface area (Å²) in [4.78, 5) is 0. The Morgan fingerprint density at radius 1 is 1.17 bits per heavy atom. The van der Waals surface area contributed by atoms with Crippen LogP contribution in [0.5, 0.6) is 0 Å². The fourth-order valence-corrected chi connectivity index (χ4v) is 4.85. The lowest BCUT2D eigenvalue weighted by atomic mass is 9.77. The average Bonchev–Trinajstić information content (AvgIpc) is 2.56. The maximum Gasteiger partial charge on any atom is 0.281 e. The van der Waals surface area contributed by atoms with Gasteiger partial charge in [-0.25, -0.2) is 0 Å². The fraction of sp³-hybridized carbons (Fsp3) is 0.647. The van der Waals surface area contributed by atoms with Gasteiger partial charge in [-0.2, -0.15) is 17.0 Å². The zero-order valence-electron chi connectivity index (χ0n) is 13.9. The first-order valence-electron chi connectivity index (χ1n) is 8.29. The highest BCUT2D eigenvalue weighted by atomic mass is 32.2. The SMILES string of the molecule is CN(C)S(=O)(=O)N1CCC2(CC1)C[C@@H](c1ccccc1)CCO2. The van der Waals surface area contributed by atoms with E-state index in [4.69, 9.17) is 4.74 Å². The molecule has 23 heavy (non-hydrogen) atoms. The number of ether oxygens (including phenoxy) is 1. The van der Waals surface area contributed by atoms with Gasteiger partial charge in [-0.1, -0.05) is 30.3 Å². The van der Waals surface area contributed by atoms with Crippen molar-refractivity contribution >= 4 is 10.2 Å². The van der Waals surface area contributed by atoms with Gasteiger partial charge in [0.25, 0.3) is 10.2 Å². The Hall–Kier alpha value is -0.950. The molecule has 5 nitrogen and oxygen atoms in total. The van der Waals surface area contributed by atoms with E-state index in [1.807, 2.05) is 6.07 Å².